The van der Waals surface area contributed by atoms with E-state index in [-0.39, 0.29) is 30.9 Å². The van der Waals surface area contributed by atoms with Crippen molar-refractivity contribution in [2.45, 2.75) is 13.0 Å². The maximum atomic E-state index is 5.62. The summed E-state index contributed by atoms with van der Waals surface area (Å²) >= 11 is 0. The molecule has 0 aliphatic heterocycles. The van der Waals surface area contributed by atoms with Crippen LogP contribution >= 0.6 is 24.8 Å². The van der Waals surface area contributed by atoms with Crippen molar-refractivity contribution >= 4 is 30.5 Å². The van der Waals surface area contributed by atoms with E-state index in [4.69, 9.17) is 11.5 Å². The van der Waals surface area contributed by atoms with Crippen LogP contribution in [0.2, 0.25) is 0 Å². The molecule has 0 saturated heterocycles. The van der Waals surface area contributed by atoms with Gasteiger partial charge in [0.15, 0.2) is 0 Å². The summed E-state index contributed by atoms with van der Waals surface area (Å²) in [6.45, 7) is 1.95. The van der Waals surface area contributed by atoms with E-state index < -0.39 is 0 Å². The molecule has 1 atom stereocenters. The van der Waals surface area contributed by atoms with Crippen LogP contribution in [-0.4, -0.2) is 0 Å². The average Bonchev–Trinajstić information content (AvgIpc) is 1.88. The molecule has 0 radical (unpaired) electrons. The fourth-order valence-corrected chi connectivity index (χ4v) is 0.800. The molecule has 0 spiro atoms. The summed E-state index contributed by atoms with van der Waals surface area (Å²) in [7, 11) is 0. The minimum atomic E-state index is 0. The Morgan fingerprint density at radius 3 is 1.83 bits per heavy atom. The van der Waals surface area contributed by atoms with Crippen molar-refractivity contribution in [3.05, 3.63) is 29.8 Å². The van der Waals surface area contributed by atoms with Crippen LogP contribution in [-0.2, 0) is 0 Å². The van der Waals surface area contributed by atoms with Crippen molar-refractivity contribution < 1.29 is 0 Å². The van der Waals surface area contributed by atoms with E-state index in [1.807, 2.05) is 31.2 Å². The molecule has 0 aromatic heterocycles. The topological polar surface area (TPSA) is 52.0 Å². The van der Waals surface area contributed by atoms with Gasteiger partial charge in [0.05, 0.1) is 0 Å². The van der Waals surface area contributed by atoms with Gasteiger partial charge in [0, 0.05) is 11.7 Å². The number of halogens is 2. The molecule has 1 aromatic carbocycles. The number of benzene rings is 1. The van der Waals surface area contributed by atoms with Crippen LogP contribution in [0, 0.1) is 0 Å². The van der Waals surface area contributed by atoms with Gasteiger partial charge in [-0.25, -0.2) is 0 Å². The summed E-state index contributed by atoms with van der Waals surface area (Å²) in [4.78, 5) is 0. The summed E-state index contributed by atoms with van der Waals surface area (Å²) in [5.74, 6) is 0. The van der Waals surface area contributed by atoms with Crippen LogP contribution in [0.15, 0.2) is 24.3 Å². The maximum Gasteiger partial charge on any atom is 0.0314 e. The van der Waals surface area contributed by atoms with Crippen LogP contribution in [0.4, 0.5) is 5.69 Å². The lowest BCUT2D eigenvalue weighted by atomic mass is 10.1. The summed E-state index contributed by atoms with van der Waals surface area (Å²) < 4.78 is 0. The van der Waals surface area contributed by atoms with Crippen LogP contribution in [0.3, 0.4) is 0 Å². The van der Waals surface area contributed by atoms with Gasteiger partial charge in [-0.1, -0.05) is 12.1 Å². The predicted octanol–water partition coefficient (Wildman–Crippen LogP) is 2.13. The number of anilines is 1. The van der Waals surface area contributed by atoms with Gasteiger partial charge in [0.2, 0.25) is 0 Å². The molecule has 12 heavy (non-hydrogen) atoms. The molecule has 0 aliphatic rings. The molecule has 0 amide bonds. The molecule has 2 nitrogen and oxygen atoms in total. The van der Waals surface area contributed by atoms with Crippen LogP contribution in [0.25, 0.3) is 0 Å². The van der Waals surface area contributed by atoms with E-state index >= 15 is 0 Å². The van der Waals surface area contributed by atoms with Gasteiger partial charge in [-0.2, -0.15) is 0 Å². The van der Waals surface area contributed by atoms with E-state index in [9.17, 15) is 0 Å². The predicted molar refractivity (Wildman–Crippen MR) is 58.0 cm³/mol. The average molecular weight is 209 g/mol. The second-order valence-electron chi connectivity index (χ2n) is 2.46. The van der Waals surface area contributed by atoms with Crippen LogP contribution in [0.1, 0.15) is 18.5 Å². The number of hydrogen-bond acceptors (Lipinski definition) is 2. The molecular formula is C8H14Cl2N2. The smallest absolute Gasteiger partial charge is 0.0314 e. The Balaban J connectivity index is 0. The van der Waals surface area contributed by atoms with E-state index in [1.165, 1.54) is 0 Å². The van der Waals surface area contributed by atoms with Gasteiger partial charge >= 0.3 is 0 Å². The van der Waals surface area contributed by atoms with Crippen LogP contribution < -0.4 is 11.5 Å². The monoisotopic (exact) mass is 208 g/mol. The highest BCUT2D eigenvalue weighted by Gasteiger charge is 1.95. The normalized spacial score (nSPS) is 10.8. The first-order valence-corrected chi connectivity index (χ1v) is 3.31. The van der Waals surface area contributed by atoms with Gasteiger partial charge < -0.3 is 11.5 Å². The standard InChI is InChI=1S/C8H12N2.2ClH/c1-6(9)7-2-4-8(10)5-3-7;;/h2-6H,9-10H2,1H3;2*1H/t6-;;/m0../s1. The Kier molecular flexibility index (Phi) is 7.19. The first kappa shape index (κ1) is 14.1. The minimum absolute atomic E-state index is 0. The number of nitrogens with two attached hydrogens (primary N) is 2. The van der Waals surface area contributed by atoms with Crippen molar-refractivity contribution in [1.82, 2.24) is 0 Å². The van der Waals surface area contributed by atoms with E-state index in [0.29, 0.717) is 0 Å². The third-order valence-electron chi connectivity index (χ3n) is 1.46. The van der Waals surface area contributed by atoms with Crippen molar-refractivity contribution in [2.24, 2.45) is 5.73 Å². The lowest BCUT2D eigenvalue weighted by molar-refractivity contribution is 0.818. The fourth-order valence-electron chi connectivity index (χ4n) is 0.800. The SMILES string of the molecule is C[C@H](N)c1ccc(N)cc1.Cl.Cl. The lowest BCUT2D eigenvalue weighted by Crippen LogP contribution is -2.04. The van der Waals surface area contributed by atoms with Crippen molar-refractivity contribution in [3.63, 3.8) is 0 Å². The second-order valence-corrected chi connectivity index (χ2v) is 2.46. The summed E-state index contributed by atoms with van der Waals surface area (Å²) in [6, 6.07) is 7.71. The van der Waals surface area contributed by atoms with Crippen molar-refractivity contribution in [1.29, 1.82) is 0 Å². The van der Waals surface area contributed by atoms with Crippen LogP contribution in [0.5, 0.6) is 0 Å². The fraction of sp³-hybridized carbons (Fsp3) is 0.250. The Bertz CT molecular complexity index is 209. The zero-order valence-electron chi connectivity index (χ0n) is 6.86. The number of nitrogen functional groups attached to an aromatic ring is 1. The van der Waals surface area contributed by atoms with Gasteiger partial charge in [-0.05, 0) is 24.6 Å². The molecule has 1 rings (SSSR count). The Hall–Kier alpha value is -0.440. The van der Waals surface area contributed by atoms with E-state index in [1.54, 1.807) is 0 Å². The molecule has 1 aromatic rings. The summed E-state index contributed by atoms with van der Waals surface area (Å²) in [5, 5.41) is 0. The molecule has 70 valence electrons. The molecular weight excluding hydrogens is 195 g/mol. The minimum Gasteiger partial charge on any atom is -0.399 e. The van der Waals surface area contributed by atoms with Gasteiger partial charge in [-0.3, -0.25) is 0 Å². The highest BCUT2D eigenvalue weighted by molar-refractivity contribution is 5.85. The lowest BCUT2D eigenvalue weighted by Gasteiger charge is -2.03. The van der Waals surface area contributed by atoms with Gasteiger partial charge in [0.25, 0.3) is 0 Å². The Morgan fingerprint density at radius 1 is 1.08 bits per heavy atom. The molecule has 4 N–H and O–H groups in total. The summed E-state index contributed by atoms with van der Waals surface area (Å²) in [6.07, 6.45) is 0. The molecule has 4 heteroatoms. The number of hydrogen-bond donors (Lipinski definition) is 2. The van der Waals surface area contributed by atoms with E-state index in [0.717, 1.165) is 11.3 Å². The zero-order valence-corrected chi connectivity index (χ0v) is 8.49. The molecule has 0 saturated carbocycles. The zero-order chi connectivity index (χ0) is 7.56. The number of rotatable bonds is 1. The molecule has 0 bridgehead atoms. The molecule has 0 unspecified atom stereocenters. The highest BCUT2D eigenvalue weighted by Crippen LogP contribution is 2.10. The Labute approximate surface area is 85.1 Å². The van der Waals surface area contributed by atoms with Gasteiger partial charge in [0.1, 0.15) is 0 Å². The van der Waals surface area contributed by atoms with E-state index in [2.05, 4.69) is 0 Å². The quantitative estimate of drug-likeness (QED) is 0.696. The second kappa shape index (κ2) is 6.12. The van der Waals surface area contributed by atoms with Crippen molar-refractivity contribution in [3.8, 4) is 0 Å². The maximum absolute atomic E-state index is 5.62. The molecule has 0 heterocycles. The largest absolute Gasteiger partial charge is 0.399 e. The third-order valence-corrected chi connectivity index (χ3v) is 1.46. The molecule has 0 aliphatic carbocycles. The third kappa shape index (κ3) is 3.81. The highest BCUT2D eigenvalue weighted by atomic mass is 35.5. The van der Waals surface area contributed by atoms with Gasteiger partial charge in [-0.15, -0.1) is 24.8 Å². The first-order valence-electron chi connectivity index (χ1n) is 3.31. The Morgan fingerprint density at radius 2 is 1.50 bits per heavy atom. The molecule has 0 fully saturated rings. The summed E-state index contributed by atoms with van der Waals surface area (Å²) in [5.41, 5.74) is 13.0. The van der Waals surface area contributed by atoms with Crippen molar-refractivity contribution in [2.75, 3.05) is 5.73 Å². The first-order chi connectivity index (χ1) is 4.70.